The first kappa shape index (κ1) is 13.1. The van der Waals surface area contributed by atoms with Gasteiger partial charge < -0.3 is 14.8 Å². The highest BCUT2D eigenvalue weighted by Crippen LogP contribution is 2.30. The summed E-state index contributed by atoms with van der Waals surface area (Å²) in [5, 5.41) is 2.72. The predicted molar refractivity (Wildman–Crippen MR) is 66.8 cm³/mol. The molecular formula is C13H17NO3. The third-order valence-corrected chi connectivity index (χ3v) is 2.38. The quantitative estimate of drug-likeness (QED) is 0.793. The van der Waals surface area contributed by atoms with Gasteiger partial charge in [0.1, 0.15) is 0 Å². The predicted octanol–water partition coefficient (Wildman–Crippen LogP) is 1.93. The fourth-order valence-corrected chi connectivity index (χ4v) is 1.49. The van der Waals surface area contributed by atoms with E-state index in [0.717, 1.165) is 5.56 Å². The minimum atomic E-state index is -0.150. The van der Waals surface area contributed by atoms with Gasteiger partial charge in [-0.2, -0.15) is 0 Å². The van der Waals surface area contributed by atoms with Crippen LogP contribution in [0.2, 0.25) is 0 Å². The Morgan fingerprint density at radius 2 is 1.94 bits per heavy atom. The molecule has 0 unspecified atom stereocenters. The SMILES string of the molecule is C=CCNC(=O)c1cc(OC)c(OC)cc1C. The van der Waals surface area contributed by atoms with Crippen LogP contribution in [0.1, 0.15) is 15.9 Å². The summed E-state index contributed by atoms with van der Waals surface area (Å²) in [6.45, 7) is 5.84. The molecule has 0 atom stereocenters. The van der Waals surface area contributed by atoms with E-state index >= 15 is 0 Å². The van der Waals surface area contributed by atoms with Gasteiger partial charge in [-0.25, -0.2) is 0 Å². The molecule has 0 aliphatic rings. The number of methoxy groups -OCH3 is 2. The molecule has 1 aromatic carbocycles. The van der Waals surface area contributed by atoms with Crippen LogP contribution >= 0.6 is 0 Å². The molecule has 17 heavy (non-hydrogen) atoms. The highest BCUT2D eigenvalue weighted by Gasteiger charge is 2.13. The van der Waals surface area contributed by atoms with Crippen LogP contribution in [0.3, 0.4) is 0 Å². The topological polar surface area (TPSA) is 47.6 Å². The van der Waals surface area contributed by atoms with Crippen molar-refractivity contribution in [2.24, 2.45) is 0 Å². The first-order valence-corrected chi connectivity index (χ1v) is 5.25. The van der Waals surface area contributed by atoms with Crippen LogP contribution in [0.5, 0.6) is 11.5 Å². The number of benzene rings is 1. The molecule has 0 saturated carbocycles. The van der Waals surface area contributed by atoms with E-state index in [1.165, 1.54) is 0 Å². The van der Waals surface area contributed by atoms with Crippen LogP contribution in [-0.4, -0.2) is 26.7 Å². The van der Waals surface area contributed by atoms with Crippen molar-refractivity contribution in [3.8, 4) is 11.5 Å². The molecule has 0 heterocycles. The van der Waals surface area contributed by atoms with E-state index in [1.807, 2.05) is 6.92 Å². The Balaban J connectivity index is 3.07. The Hall–Kier alpha value is -1.97. The van der Waals surface area contributed by atoms with Gasteiger partial charge in [0.15, 0.2) is 11.5 Å². The zero-order valence-corrected chi connectivity index (χ0v) is 10.4. The molecule has 4 heteroatoms. The van der Waals surface area contributed by atoms with Gasteiger partial charge in [-0.05, 0) is 24.6 Å². The molecule has 0 radical (unpaired) electrons. The van der Waals surface area contributed by atoms with Crippen molar-refractivity contribution in [1.82, 2.24) is 5.32 Å². The van der Waals surface area contributed by atoms with E-state index in [0.29, 0.717) is 23.6 Å². The molecule has 0 saturated heterocycles. The lowest BCUT2D eigenvalue weighted by Gasteiger charge is -2.12. The van der Waals surface area contributed by atoms with E-state index in [2.05, 4.69) is 11.9 Å². The Morgan fingerprint density at radius 3 is 2.47 bits per heavy atom. The fraction of sp³-hybridized carbons (Fsp3) is 0.308. The Labute approximate surface area is 101 Å². The third kappa shape index (κ3) is 3.00. The summed E-state index contributed by atoms with van der Waals surface area (Å²) in [5.41, 5.74) is 1.41. The average Bonchev–Trinajstić information content (AvgIpc) is 2.35. The summed E-state index contributed by atoms with van der Waals surface area (Å²) < 4.78 is 10.3. The third-order valence-electron chi connectivity index (χ3n) is 2.38. The summed E-state index contributed by atoms with van der Waals surface area (Å²) >= 11 is 0. The molecule has 0 bridgehead atoms. The number of carbonyl (C=O) groups excluding carboxylic acids is 1. The lowest BCUT2D eigenvalue weighted by atomic mass is 10.1. The van der Waals surface area contributed by atoms with Gasteiger partial charge >= 0.3 is 0 Å². The zero-order valence-electron chi connectivity index (χ0n) is 10.4. The molecule has 1 aromatic rings. The molecule has 1 N–H and O–H groups in total. The monoisotopic (exact) mass is 235 g/mol. The van der Waals surface area contributed by atoms with Crippen LogP contribution < -0.4 is 14.8 Å². The number of ether oxygens (including phenoxy) is 2. The molecule has 0 aliphatic carbocycles. The molecular weight excluding hydrogens is 218 g/mol. The lowest BCUT2D eigenvalue weighted by molar-refractivity contribution is 0.0957. The van der Waals surface area contributed by atoms with Crippen molar-refractivity contribution in [2.75, 3.05) is 20.8 Å². The van der Waals surface area contributed by atoms with E-state index in [4.69, 9.17) is 9.47 Å². The summed E-state index contributed by atoms with van der Waals surface area (Å²) in [6.07, 6.45) is 1.63. The van der Waals surface area contributed by atoms with Gasteiger partial charge in [0.05, 0.1) is 14.2 Å². The average molecular weight is 235 g/mol. The highest BCUT2D eigenvalue weighted by atomic mass is 16.5. The van der Waals surface area contributed by atoms with Crippen LogP contribution in [0, 0.1) is 6.92 Å². The second-order valence-corrected chi connectivity index (χ2v) is 3.52. The lowest BCUT2D eigenvalue weighted by Crippen LogP contribution is -2.24. The maximum Gasteiger partial charge on any atom is 0.251 e. The maximum absolute atomic E-state index is 11.8. The molecule has 1 rings (SSSR count). The van der Waals surface area contributed by atoms with Crippen LogP contribution in [-0.2, 0) is 0 Å². The summed E-state index contributed by atoms with van der Waals surface area (Å²) in [5.74, 6) is 1.01. The van der Waals surface area contributed by atoms with E-state index in [9.17, 15) is 4.79 Å². The number of carbonyl (C=O) groups is 1. The number of hydrogen-bond acceptors (Lipinski definition) is 3. The first-order chi connectivity index (χ1) is 8.13. The van der Waals surface area contributed by atoms with Gasteiger partial charge in [-0.1, -0.05) is 6.08 Å². The standard InChI is InChI=1S/C13H17NO3/c1-5-6-14-13(15)10-8-12(17-4)11(16-3)7-9(10)2/h5,7-8H,1,6H2,2-4H3,(H,14,15). The second kappa shape index (κ2) is 5.94. The number of rotatable bonds is 5. The molecule has 0 spiro atoms. The molecule has 4 nitrogen and oxygen atoms in total. The van der Waals surface area contributed by atoms with Gasteiger partial charge in [-0.15, -0.1) is 6.58 Å². The minimum Gasteiger partial charge on any atom is -0.493 e. The number of hydrogen-bond donors (Lipinski definition) is 1. The number of aryl methyl sites for hydroxylation is 1. The van der Waals surface area contributed by atoms with Gasteiger partial charge in [0, 0.05) is 12.1 Å². The van der Waals surface area contributed by atoms with Gasteiger partial charge in [0.25, 0.3) is 5.91 Å². The summed E-state index contributed by atoms with van der Waals surface area (Å²) in [4.78, 5) is 11.8. The van der Waals surface area contributed by atoms with Crippen molar-refractivity contribution < 1.29 is 14.3 Å². The number of nitrogens with one attached hydrogen (secondary N) is 1. The van der Waals surface area contributed by atoms with Gasteiger partial charge in [-0.3, -0.25) is 4.79 Å². The molecule has 0 aromatic heterocycles. The fourth-order valence-electron chi connectivity index (χ4n) is 1.49. The van der Waals surface area contributed by atoms with Crippen LogP contribution in [0.15, 0.2) is 24.8 Å². The van der Waals surface area contributed by atoms with Crippen LogP contribution in [0.4, 0.5) is 0 Å². The van der Waals surface area contributed by atoms with Gasteiger partial charge in [0.2, 0.25) is 0 Å². The molecule has 0 fully saturated rings. The Morgan fingerprint density at radius 1 is 1.35 bits per heavy atom. The summed E-state index contributed by atoms with van der Waals surface area (Å²) in [7, 11) is 3.10. The highest BCUT2D eigenvalue weighted by molar-refractivity contribution is 5.96. The number of amides is 1. The minimum absolute atomic E-state index is 0.150. The Bertz CT molecular complexity index is 427. The molecule has 1 amide bonds. The van der Waals surface area contributed by atoms with E-state index in [1.54, 1.807) is 32.4 Å². The zero-order chi connectivity index (χ0) is 12.8. The van der Waals surface area contributed by atoms with Crippen LogP contribution in [0.25, 0.3) is 0 Å². The second-order valence-electron chi connectivity index (χ2n) is 3.52. The van der Waals surface area contributed by atoms with Crippen molar-refractivity contribution in [2.45, 2.75) is 6.92 Å². The normalized spacial score (nSPS) is 9.59. The largest absolute Gasteiger partial charge is 0.493 e. The smallest absolute Gasteiger partial charge is 0.251 e. The molecule has 92 valence electrons. The maximum atomic E-state index is 11.8. The summed E-state index contributed by atoms with van der Waals surface area (Å²) in [6, 6.07) is 3.45. The van der Waals surface area contributed by atoms with E-state index < -0.39 is 0 Å². The van der Waals surface area contributed by atoms with Crippen molar-refractivity contribution in [1.29, 1.82) is 0 Å². The van der Waals surface area contributed by atoms with E-state index in [-0.39, 0.29) is 5.91 Å². The Kier molecular flexibility index (Phi) is 4.57. The molecule has 0 aliphatic heterocycles. The van der Waals surface area contributed by atoms with Crippen molar-refractivity contribution in [3.05, 3.63) is 35.9 Å². The van der Waals surface area contributed by atoms with Crippen molar-refractivity contribution >= 4 is 5.91 Å². The first-order valence-electron chi connectivity index (χ1n) is 5.25. The van der Waals surface area contributed by atoms with Crippen molar-refractivity contribution in [3.63, 3.8) is 0 Å².